The summed E-state index contributed by atoms with van der Waals surface area (Å²) < 4.78 is 10.6. The van der Waals surface area contributed by atoms with Gasteiger partial charge in [-0.2, -0.15) is 4.98 Å². The largest absolute Gasteiger partial charge is 0.373 e. The van der Waals surface area contributed by atoms with Crippen molar-refractivity contribution in [2.45, 2.75) is 53.2 Å². The third kappa shape index (κ3) is 4.74. The summed E-state index contributed by atoms with van der Waals surface area (Å²) >= 11 is 0. The van der Waals surface area contributed by atoms with Crippen LogP contribution in [-0.4, -0.2) is 29.8 Å². The molecule has 0 aliphatic heterocycles. The first-order chi connectivity index (χ1) is 8.47. The summed E-state index contributed by atoms with van der Waals surface area (Å²) in [6.07, 6.45) is 1.73. The molecule has 5 nitrogen and oxygen atoms in total. The second-order valence-electron chi connectivity index (χ2n) is 5.57. The molecular weight excluding hydrogens is 230 g/mol. The highest BCUT2D eigenvalue weighted by Crippen LogP contribution is 2.21. The van der Waals surface area contributed by atoms with E-state index in [1.54, 1.807) is 0 Å². The summed E-state index contributed by atoms with van der Waals surface area (Å²) in [5.74, 6) is 1.29. The Labute approximate surface area is 109 Å². The van der Waals surface area contributed by atoms with E-state index in [1.165, 1.54) is 0 Å². The van der Waals surface area contributed by atoms with Crippen LogP contribution < -0.4 is 5.32 Å². The Hall–Kier alpha value is -0.940. The molecule has 0 fully saturated rings. The lowest BCUT2D eigenvalue weighted by atomic mass is 9.85. The van der Waals surface area contributed by atoms with Crippen molar-refractivity contribution in [3.8, 4) is 0 Å². The highest BCUT2D eigenvalue weighted by Gasteiger charge is 2.25. The minimum absolute atomic E-state index is 0.155. The lowest BCUT2D eigenvalue weighted by Gasteiger charge is -2.29. The van der Waals surface area contributed by atoms with Gasteiger partial charge in [-0.1, -0.05) is 32.9 Å². The molecule has 0 aromatic carbocycles. The van der Waals surface area contributed by atoms with Crippen LogP contribution in [0.3, 0.4) is 0 Å². The second kappa shape index (κ2) is 6.85. The molecule has 1 rings (SSSR count). The summed E-state index contributed by atoms with van der Waals surface area (Å²) in [4.78, 5) is 4.34. The van der Waals surface area contributed by atoms with Gasteiger partial charge in [-0.25, -0.2) is 0 Å². The van der Waals surface area contributed by atoms with E-state index in [2.05, 4.69) is 43.2 Å². The van der Waals surface area contributed by atoms with E-state index >= 15 is 0 Å². The van der Waals surface area contributed by atoms with Crippen LogP contribution in [0.25, 0.3) is 0 Å². The molecular formula is C13H25N3O2. The van der Waals surface area contributed by atoms with E-state index in [9.17, 15) is 0 Å². The maximum Gasteiger partial charge on any atom is 0.228 e. The van der Waals surface area contributed by atoms with E-state index in [1.807, 2.05) is 7.05 Å². The van der Waals surface area contributed by atoms with Gasteiger partial charge in [0.25, 0.3) is 0 Å². The van der Waals surface area contributed by atoms with Gasteiger partial charge in [0.05, 0.1) is 0 Å². The highest BCUT2D eigenvalue weighted by molar-refractivity contribution is 4.92. The number of likely N-dealkylation sites (N-methyl/N-ethyl adjacent to an activating group) is 1. The van der Waals surface area contributed by atoms with E-state index in [4.69, 9.17) is 9.26 Å². The van der Waals surface area contributed by atoms with Gasteiger partial charge in [-0.3, -0.25) is 0 Å². The number of hydrogen-bond acceptors (Lipinski definition) is 5. The van der Waals surface area contributed by atoms with Gasteiger partial charge in [-0.15, -0.1) is 0 Å². The standard InChI is InChI=1S/C13H25N3O2/c1-6-7-17-9-11-15-12(18-16-11)8-10(14-5)13(2,3)4/h10,14H,6-9H2,1-5H3. The molecule has 5 heteroatoms. The molecule has 1 aromatic rings. The number of hydrogen-bond donors (Lipinski definition) is 1. The average Bonchev–Trinajstić information content (AvgIpc) is 2.72. The Bertz CT molecular complexity index is 344. The zero-order chi connectivity index (χ0) is 13.6. The van der Waals surface area contributed by atoms with Crippen LogP contribution >= 0.6 is 0 Å². The van der Waals surface area contributed by atoms with Gasteiger partial charge in [0.15, 0.2) is 5.82 Å². The molecule has 1 heterocycles. The SMILES string of the molecule is CCCOCc1noc(CC(NC)C(C)(C)C)n1. The fourth-order valence-electron chi connectivity index (χ4n) is 1.76. The number of ether oxygens (including phenoxy) is 1. The third-order valence-corrected chi connectivity index (χ3v) is 2.86. The van der Waals surface area contributed by atoms with Gasteiger partial charge in [0, 0.05) is 19.1 Å². The smallest absolute Gasteiger partial charge is 0.228 e. The Morgan fingerprint density at radius 2 is 2.11 bits per heavy atom. The fraction of sp³-hybridized carbons (Fsp3) is 0.846. The molecule has 0 saturated carbocycles. The number of aromatic nitrogens is 2. The van der Waals surface area contributed by atoms with Crippen molar-refractivity contribution < 1.29 is 9.26 Å². The summed E-state index contributed by atoms with van der Waals surface area (Å²) in [5, 5.41) is 7.21. The normalized spacial score (nSPS) is 13.8. The zero-order valence-electron chi connectivity index (χ0n) is 12.1. The van der Waals surface area contributed by atoms with Crippen LogP contribution in [-0.2, 0) is 17.8 Å². The van der Waals surface area contributed by atoms with E-state index < -0.39 is 0 Å². The average molecular weight is 255 g/mol. The first-order valence-corrected chi connectivity index (χ1v) is 6.53. The fourth-order valence-corrected chi connectivity index (χ4v) is 1.76. The summed E-state index contributed by atoms with van der Waals surface area (Å²) in [6, 6.07) is 0.308. The maximum absolute atomic E-state index is 5.38. The minimum Gasteiger partial charge on any atom is -0.373 e. The van der Waals surface area contributed by atoms with Gasteiger partial charge >= 0.3 is 0 Å². The van der Waals surface area contributed by atoms with Gasteiger partial charge in [0.2, 0.25) is 5.89 Å². The Morgan fingerprint density at radius 1 is 1.39 bits per heavy atom. The van der Waals surface area contributed by atoms with Crippen LogP contribution in [0.15, 0.2) is 4.52 Å². The maximum atomic E-state index is 5.38. The van der Waals surface area contributed by atoms with Crippen LogP contribution in [0.2, 0.25) is 0 Å². The first-order valence-electron chi connectivity index (χ1n) is 6.53. The lowest BCUT2D eigenvalue weighted by Crippen LogP contribution is -2.39. The van der Waals surface area contributed by atoms with Crippen molar-refractivity contribution in [2.24, 2.45) is 5.41 Å². The molecule has 1 N–H and O–H groups in total. The predicted molar refractivity (Wildman–Crippen MR) is 70.3 cm³/mol. The molecule has 0 saturated heterocycles. The van der Waals surface area contributed by atoms with Crippen molar-refractivity contribution in [2.75, 3.05) is 13.7 Å². The summed E-state index contributed by atoms with van der Waals surface area (Å²) in [5.41, 5.74) is 0.155. The Morgan fingerprint density at radius 3 is 2.67 bits per heavy atom. The van der Waals surface area contributed by atoms with Crippen LogP contribution in [0.5, 0.6) is 0 Å². The van der Waals surface area contributed by atoms with Crippen LogP contribution in [0, 0.1) is 5.41 Å². The molecule has 0 spiro atoms. The number of nitrogens with one attached hydrogen (secondary N) is 1. The molecule has 0 amide bonds. The minimum atomic E-state index is 0.155. The molecule has 0 bridgehead atoms. The van der Waals surface area contributed by atoms with Gasteiger partial charge in [0.1, 0.15) is 6.61 Å². The van der Waals surface area contributed by atoms with Crippen LogP contribution in [0.1, 0.15) is 45.8 Å². The Balaban J connectivity index is 2.52. The van der Waals surface area contributed by atoms with Crippen LogP contribution in [0.4, 0.5) is 0 Å². The van der Waals surface area contributed by atoms with Crippen molar-refractivity contribution in [1.82, 2.24) is 15.5 Å². The molecule has 0 aliphatic carbocycles. The summed E-state index contributed by atoms with van der Waals surface area (Å²) in [6.45, 7) is 9.80. The number of rotatable bonds is 7. The molecule has 104 valence electrons. The second-order valence-corrected chi connectivity index (χ2v) is 5.57. The lowest BCUT2D eigenvalue weighted by molar-refractivity contribution is 0.114. The first kappa shape index (κ1) is 15.1. The van der Waals surface area contributed by atoms with Crippen molar-refractivity contribution >= 4 is 0 Å². The van der Waals surface area contributed by atoms with E-state index in [-0.39, 0.29) is 5.41 Å². The van der Waals surface area contributed by atoms with Crippen molar-refractivity contribution in [1.29, 1.82) is 0 Å². The quantitative estimate of drug-likeness (QED) is 0.757. The third-order valence-electron chi connectivity index (χ3n) is 2.86. The predicted octanol–water partition coefficient (Wildman–Crippen LogP) is 2.17. The molecule has 1 unspecified atom stereocenters. The van der Waals surface area contributed by atoms with E-state index in [0.29, 0.717) is 24.4 Å². The molecule has 0 aliphatic rings. The van der Waals surface area contributed by atoms with Crippen molar-refractivity contribution in [3.05, 3.63) is 11.7 Å². The molecule has 18 heavy (non-hydrogen) atoms. The van der Waals surface area contributed by atoms with Gasteiger partial charge in [-0.05, 0) is 18.9 Å². The van der Waals surface area contributed by atoms with E-state index in [0.717, 1.165) is 19.4 Å². The number of nitrogens with zero attached hydrogens (tertiary/aromatic N) is 2. The molecule has 0 radical (unpaired) electrons. The molecule has 1 aromatic heterocycles. The Kier molecular flexibility index (Phi) is 5.75. The monoisotopic (exact) mass is 255 g/mol. The molecule has 1 atom stereocenters. The highest BCUT2D eigenvalue weighted by atomic mass is 16.5. The topological polar surface area (TPSA) is 60.2 Å². The van der Waals surface area contributed by atoms with Gasteiger partial charge < -0.3 is 14.6 Å². The zero-order valence-corrected chi connectivity index (χ0v) is 12.1. The van der Waals surface area contributed by atoms with Crippen molar-refractivity contribution in [3.63, 3.8) is 0 Å². The summed E-state index contributed by atoms with van der Waals surface area (Å²) in [7, 11) is 1.96.